The zero-order valence-electron chi connectivity index (χ0n) is 10.3. The number of ether oxygens (including phenoxy) is 1. The number of thioether (sulfide) groups is 1. The molecule has 1 atom stereocenters. The highest BCUT2D eigenvalue weighted by atomic mass is 32.2. The molecule has 0 bridgehead atoms. The van der Waals surface area contributed by atoms with Gasteiger partial charge in [-0.15, -0.1) is 11.8 Å². The summed E-state index contributed by atoms with van der Waals surface area (Å²) in [6, 6.07) is 7.48. The van der Waals surface area contributed by atoms with Crippen LogP contribution < -0.4 is 10.6 Å². The number of amides is 2. The molecule has 0 spiro atoms. The fourth-order valence-corrected chi connectivity index (χ4v) is 1.77. The van der Waals surface area contributed by atoms with Crippen molar-refractivity contribution in [2.45, 2.75) is 17.9 Å². The second-order valence-electron chi connectivity index (χ2n) is 3.68. The normalized spacial score (nSPS) is 11.9. The molecule has 2 amide bonds. The predicted octanol–water partition coefficient (Wildman–Crippen LogP) is 2.56. The smallest absolute Gasteiger partial charge is 0.319 e. The molecule has 5 heteroatoms. The molecule has 0 aliphatic heterocycles. The van der Waals surface area contributed by atoms with Crippen LogP contribution in [0.4, 0.5) is 10.5 Å². The third-order valence-electron chi connectivity index (χ3n) is 2.14. The first-order chi connectivity index (χ1) is 8.15. The summed E-state index contributed by atoms with van der Waals surface area (Å²) in [5, 5.41) is 5.55. The van der Waals surface area contributed by atoms with Crippen LogP contribution >= 0.6 is 11.8 Å². The van der Waals surface area contributed by atoms with Crippen molar-refractivity contribution in [1.82, 2.24) is 5.32 Å². The van der Waals surface area contributed by atoms with Crippen molar-refractivity contribution in [1.29, 1.82) is 0 Å². The monoisotopic (exact) mass is 254 g/mol. The van der Waals surface area contributed by atoms with E-state index in [2.05, 4.69) is 10.6 Å². The van der Waals surface area contributed by atoms with Crippen LogP contribution in [-0.2, 0) is 4.74 Å². The summed E-state index contributed by atoms with van der Waals surface area (Å²) in [7, 11) is 1.61. The zero-order valence-corrected chi connectivity index (χ0v) is 11.1. The van der Waals surface area contributed by atoms with Gasteiger partial charge in [0.05, 0.1) is 12.6 Å². The summed E-state index contributed by atoms with van der Waals surface area (Å²) in [4.78, 5) is 12.7. The number of anilines is 1. The van der Waals surface area contributed by atoms with Crippen LogP contribution in [-0.4, -0.2) is 32.0 Å². The molecule has 94 valence electrons. The maximum Gasteiger partial charge on any atom is 0.319 e. The molecule has 0 saturated heterocycles. The lowest BCUT2D eigenvalue weighted by atomic mass is 10.3. The molecule has 1 aromatic rings. The molecule has 1 rings (SSSR count). The van der Waals surface area contributed by atoms with Crippen molar-refractivity contribution in [2.24, 2.45) is 0 Å². The molecular weight excluding hydrogens is 236 g/mol. The lowest BCUT2D eigenvalue weighted by Crippen LogP contribution is -2.38. The van der Waals surface area contributed by atoms with Gasteiger partial charge in [-0.25, -0.2) is 4.79 Å². The Morgan fingerprint density at radius 1 is 1.41 bits per heavy atom. The minimum absolute atomic E-state index is 0.00882. The van der Waals surface area contributed by atoms with E-state index >= 15 is 0 Å². The Morgan fingerprint density at radius 3 is 2.59 bits per heavy atom. The third kappa shape index (κ3) is 5.10. The first-order valence-electron chi connectivity index (χ1n) is 5.36. The van der Waals surface area contributed by atoms with Gasteiger partial charge in [-0.1, -0.05) is 0 Å². The number of carbonyl (C=O) groups excluding carboxylic acids is 1. The number of urea groups is 1. The Labute approximate surface area is 106 Å². The molecule has 0 aromatic heterocycles. The first-order valence-corrected chi connectivity index (χ1v) is 6.58. The maximum atomic E-state index is 11.6. The minimum Gasteiger partial charge on any atom is -0.383 e. The van der Waals surface area contributed by atoms with Crippen LogP contribution in [0.1, 0.15) is 6.92 Å². The number of methoxy groups -OCH3 is 1. The molecule has 2 N–H and O–H groups in total. The van der Waals surface area contributed by atoms with Crippen LogP contribution in [0, 0.1) is 0 Å². The van der Waals surface area contributed by atoms with Gasteiger partial charge in [0.1, 0.15) is 0 Å². The number of nitrogens with one attached hydrogen (secondary N) is 2. The lowest BCUT2D eigenvalue weighted by Gasteiger charge is -2.13. The number of hydrogen-bond donors (Lipinski definition) is 2. The summed E-state index contributed by atoms with van der Waals surface area (Å²) in [6.07, 6.45) is 2.02. The van der Waals surface area contributed by atoms with E-state index in [4.69, 9.17) is 4.74 Å². The standard InChI is InChI=1S/C12H18N2O2S/c1-9(8-16-2)13-12(15)14-10-4-6-11(17-3)7-5-10/h4-7,9H,8H2,1-3H3,(H2,13,14,15)/t9-/m0/s1. The van der Waals surface area contributed by atoms with Gasteiger partial charge in [-0.2, -0.15) is 0 Å². The van der Waals surface area contributed by atoms with E-state index in [9.17, 15) is 4.79 Å². The quantitative estimate of drug-likeness (QED) is 0.794. The average Bonchev–Trinajstić information content (AvgIpc) is 2.30. The SMILES string of the molecule is COC[C@H](C)NC(=O)Nc1ccc(SC)cc1. The molecule has 0 aliphatic rings. The first kappa shape index (κ1) is 13.9. The highest BCUT2D eigenvalue weighted by molar-refractivity contribution is 7.98. The van der Waals surface area contributed by atoms with Crippen LogP contribution in [0.15, 0.2) is 29.2 Å². The van der Waals surface area contributed by atoms with Crippen molar-refractivity contribution >= 4 is 23.5 Å². The summed E-state index contributed by atoms with van der Waals surface area (Å²) in [5.74, 6) is 0. The van der Waals surface area contributed by atoms with E-state index in [0.29, 0.717) is 6.61 Å². The van der Waals surface area contributed by atoms with Crippen molar-refractivity contribution in [3.8, 4) is 0 Å². The van der Waals surface area contributed by atoms with Gasteiger partial charge >= 0.3 is 6.03 Å². The highest BCUT2D eigenvalue weighted by Crippen LogP contribution is 2.17. The number of carbonyl (C=O) groups is 1. The third-order valence-corrected chi connectivity index (χ3v) is 2.89. The fourth-order valence-electron chi connectivity index (χ4n) is 1.36. The van der Waals surface area contributed by atoms with Crippen LogP contribution in [0.3, 0.4) is 0 Å². The second-order valence-corrected chi connectivity index (χ2v) is 4.56. The minimum atomic E-state index is -0.216. The van der Waals surface area contributed by atoms with E-state index < -0.39 is 0 Å². The summed E-state index contributed by atoms with van der Waals surface area (Å²) < 4.78 is 4.94. The van der Waals surface area contributed by atoms with Crippen molar-refractivity contribution in [3.63, 3.8) is 0 Å². The molecule has 0 unspecified atom stereocenters. The van der Waals surface area contributed by atoms with Gasteiger partial charge in [0.2, 0.25) is 0 Å². The predicted molar refractivity (Wildman–Crippen MR) is 71.7 cm³/mol. The molecule has 0 aliphatic carbocycles. The van der Waals surface area contributed by atoms with Gasteiger partial charge in [0.25, 0.3) is 0 Å². The van der Waals surface area contributed by atoms with Crippen LogP contribution in [0.5, 0.6) is 0 Å². The Hall–Kier alpha value is -1.20. The summed E-state index contributed by atoms with van der Waals surface area (Å²) in [5.41, 5.74) is 0.782. The molecule has 0 fully saturated rings. The fraction of sp³-hybridized carbons (Fsp3) is 0.417. The van der Waals surface area contributed by atoms with Crippen molar-refractivity contribution in [2.75, 3.05) is 25.3 Å². The molecule has 17 heavy (non-hydrogen) atoms. The molecule has 1 aromatic carbocycles. The Bertz CT molecular complexity index is 354. The summed E-state index contributed by atoms with van der Waals surface area (Å²) in [6.45, 7) is 2.39. The average molecular weight is 254 g/mol. The van der Waals surface area contributed by atoms with E-state index in [1.165, 1.54) is 4.90 Å². The van der Waals surface area contributed by atoms with E-state index in [1.807, 2.05) is 37.4 Å². The number of benzene rings is 1. The van der Waals surface area contributed by atoms with Gasteiger partial charge in [0, 0.05) is 17.7 Å². The van der Waals surface area contributed by atoms with Gasteiger partial charge in [0.15, 0.2) is 0 Å². The van der Waals surface area contributed by atoms with E-state index in [1.54, 1.807) is 18.9 Å². The molecular formula is C12H18N2O2S. The topological polar surface area (TPSA) is 50.4 Å². The lowest BCUT2D eigenvalue weighted by molar-refractivity contribution is 0.173. The Balaban J connectivity index is 2.44. The Kier molecular flexibility index (Phi) is 5.86. The summed E-state index contributed by atoms with van der Waals surface area (Å²) >= 11 is 1.67. The second kappa shape index (κ2) is 7.19. The largest absolute Gasteiger partial charge is 0.383 e. The van der Waals surface area contributed by atoms with Gasteiger partial charge in [-0.3, -0.25) is 0 Å². The van der Waals surface area contributed by atoms with Crippen molar-refractivity contribution in [3.05, 3.63) is 24.3 Å². The van der Waals surface area contributed by atoms with Gasteiger partial charge in [-0.05, 0) is 37.4 Å². The molecule has 4 nitrogen and oxygen atoms in total. The molecule has 0 radical (unpaired) electrons. The van der Waals surface area contributed by atoms with E-state index in [-0.39, 0.29) is 12.1 Å². The van der Waals surface area contributed by atoms with Crippen LogP contribution in [0.2, 0.25) is 0 Å². The molecule has 0 heterocycles. The molecule has 0 saturated carbocycles. The zero-order chi connectivity index (χ0) is 12.7. The maximum absolute atomic E-state index is 11.6. The van der Waals surface area contributed by atoms with Crippen LogP contribution in [0.25, 0.3) is 0 Å². The van der Waals surface area contributed by atoms with E-state index in [0.717, 1.165) is 5.69 Å². The number of hydrogen-bond acceptors (Lipinski definition) is 3. The number of rotatable bonds is 5. The van der Waals surface area contributed by atoms with Gasteiger partial charge < -0.3 is 15.4 Å². The highest BCUT2D eigenvalue weighted by Gasteiger charge is 2.06. The Morgan fingerprint density at radius 2 is 2.06 bits per heavy atom. The van der Waals surface area contributed by atoms with Crippen molar-refractivity contribution < 1.29 is 9.53 Å².